The molecule has 0 aromatic carbocycles. The summed E-state index contributed by atoms with van der Waals surface area (Å²) >= 11 is 0. The summed E-state index contributed by atoms with van der Waals surface area (Å²) in [5.74, 6) is -4.35. The van der Waals surface area contributed by atoms with Gasteiger partial charge in [-0.2, -0.15) is 0 Å². The maximum Gasteiger partial charge on any atom is 0.308 e. The van der Waals surface area contributed by atoms with Gasteiger partial charge < -0.3 is 54.3 Å². The lowest BCUT2D eigenvalue weighted by Gasteiger charge is -2.45. The van der Waals surface area contributed by atoms with E-state index in [1.807, 2.05) is 0 Å². The number of hydrogen-bond acceptors (Lipinski definition) is 13. The second-order valence-corrected chi connectivity index (χ2v) is 11.2. The van der Waals surface area contributed by atoms with Crippen LogP contribution in [-0.2, 0) is 33.3 Å². The van der Waals surface area contributed by atoms with Crippen LogP contribution >= 0.6 is 0 Å². The third kappa shape index (κ3) is 9.80. The number of ether oxygens (including phenoxy) is 5. The quantitative estimate of drug-likeness (QED) is 0.0934. The molecule has 0 aromatic rings. The lowest BCUT2D eigenvalue weighted by molar-refractivity contribution is -0.384. The molecule has 6 N–H and O–H groups in total. The molecule has 9 unspecified atom stereocenters. The number of esters is 2. The van der Waals surface area contributed by atoms with Gasteiger partial charge in [0.05, 0.1) is 19.1 Å². The number of carbonyl (C=O) groups excluding carboxylic acids is 2. The Kier molecular flexibility index (Phi) is 15.4. The zero-order valence-electron chi connectivity index (χ0n) is 24.4. The lowest BCUT2D eigenvalue weighted by Crippen LogP contribution is -2.64. The fourth-order valence-corrected chi connectivity index (χ4v) is 4.92. The Balaban J connectivity index is 2.16. The molecule has 0 aliphatic carbocycles. The molecule has 2 rings (SSSR count). The highest BCUT2D eigenvalue weighted by Crippen LogP contribution is 2.37. The van der Waals surface area contributed by atoms with Crippen molar-refractivity contribution in [2.24, 2.45) is 5.92 Å². The van der Waals surface area contributed by atoms with Gasteiger partial charge in [-0.25, -0.2) is 0 Å². The van der Waals surface area contributed by atoms with Gasteiger partial charge in [0, 0.05) is 6.42 Å². The molecular weight excluding hydrogens is 544 g/mol. The molecule has 0 spiro atoms. The largest absolute Gasteiger partial charge is 0.455 e. The van der Waals surface area contributed by atoms with Crippen molar-refractivity contribution >= 4 is 11.9 Å². The molecule has 13 heteroatoms. The molecule has 0 aromatic heterocycles. The van der Waals surface area contributed by atoms with Crippen LogP contribution in [0, 0.1) is 5.92 Å². The van der Waals surface area contributed by atoms with Crippen LogP contribution in [0.2, 0.25) is 0 Å². The van der Waals surface area contributed by atoms with Gasteiger partial charge in [0.2, 0.25) is 12.1 Å². The number of unbranched alkanes of at least 4 members (excludes halogenated alkanes) is 8. The zero-order valence-corrected chi connectivity index (χ0v) is 24.4. The van der Waals surface area contributed by atoms with Gasteiger partial charge in [-0.15, -0.1) is 0 Å². The number of aliphatic hydroxyl groups excluding tert-OH is 6. The molecule has 13 nitrogen and oxygen atoms in total. The van der Waals surface area contributed by atoms with Crippen LogP contribution < -0.4 is 0 Å². The van der Waals surface area contributed by atoms with Gasteiger partial charge in [-0.05, 0) is 6.42 Å². The molecule has 240 valence electrons. The van der Waals surface area contributed by atoms with Crippen molar-refractivity contribution in [3.05, 3.63) is 0 Å². The lowest BCUT2D eigenvalue weighted by atomic mass is 9.97. The van der Waals surface area contributed by atoms with Crippen molar-refractivity contribution in [3.8, 4) is 0 Å². The molecule has 0 bridgehead atoms. The van der Waals surface area contributed by atoms with Gasteiger partial charge in [0.1, 0.15) is 37.1 Å². The third-order valence-corrected chi connectivity index (χ3v) is 7.50. The van der Waals surface area contributed by atoms with Crippen LogP contribution in [0.1, 0.15) is 85.0 Å². The Labute approximate surface area is 241 Å². The smallest absolute Gasteiger partial charge is 0.308 e. The van der Waals surface area contributed by atoms with Crippen molar-refractivity contribution in [2.45, 2.75) is 140 Å². The van der Waals surface area contributed by atoms with Crippen molar-refractivity contribution in [3.63, 3.8) is 0 Å². The van der Waals surface area contributed by atoms with E-state index in [1.54, 1.807) is 13.8 Å². The first-order chi connectivity index (χ1) is 19.5. The molecule has 2 aliphatic rings. The fraction of sp³-hybridized carbons (Fsp3) is 0.929. The average Bonchev–Trinajstić information content (AvgIpc) is 3.20. The molecule has 0 radical (unpaired) electrons. The minimum Gasteiger partial charge on any atom is -0.455 e. The van der Waals surface area contributed by atoms with Crippen LogP contribution in [-0.4, -0.2) is 117 Å². The first kappa shape index (κ1) is 35.8. The fourth-order valence-electron chi connectivity index (χ4n) is 4.92. The van der Waals surface area contributed by atoms with Crippen molar-refractivity contribution in [1.29, 1.82) is 0 Å². The molecule has 2 saturated heterocycles. The summed E-state index contributed by atoms with van der Waals surface area (Å²) in [5, 5.41) is 61.1. The molecule has 41 heavy (non-hydrogen) atoms. The minimum atomic E-state index is -2.33. The Bertz CT molecular complexity index is 780. The summed E-state index contributed by atoms with van der Waals surface area (Å²) in [4.78, 5) is 25.4. The highest BCUT2D eigenvalue weighted by Gasteiger charge is 2.59. The number of carbonyl (C=O) groups is 2. The Morgan fingerprint density at radius 3 is 1.90 bits per heavy atom. The molecule has 2 heterocycles. The first-order valence-electron chi connectivity index (χ1n) is 14.8. The average molecular weight is 595 g/mol. The summed E-state index contributed by atoms with van der Waals surface area (Å²) in [6.07, 6.45) is -3.29. The molecule has 2 fully saturated rings. The van der Waals surface area contributed by atoms with Gasteiger partial charge in [0.15, 0.2) is 12.2 Å². The monoisotopic (exact) mass is 594 g/mol. The maximum absolute atomic E-state index is 12.9. The molecule has 0 saturated carbocycles. The van der Waals surface area contributed by atoms with Crippen LogP contribution in [0.5, 0.6) is 0 Å². The van der Waals surface area contributed by atoms with Crippen molar-refractivity contribution < 1.29 is 63.9 Å². The number of hydrogen-bond donors (Lipinski definition) is 6. The minimum absolute atomic E-state index is 0.0268. The third-order valence-electron chi connectivity index (χ3n) is 7.50. The van der Waals surface area contributed by atoms with Gasteiger partial charge in [0.25, 0.3) is 0 Å². The molecular formula is C28H50O13. The van der Waals surface area contributed by atoms with E-state index in [1.165, 1.54) is 25.7 Å². The second-order valence-electron chi connectivity index (χ2n) is 11.2. The van der Waals surface area contributed by atoms with Crippen LogP contribution in [0.3, 0.4) is 0 Å². The zero-order chi connectivity index (χ0) is 30.6. The van der Waals surface area contributed by atoms with E-state index < -0.39 is 92.5 Å². The normalized spacial score (nSPS) is 33.7. The predicted molar refractivity (Wildman–Crippen MR) is 143 cm³/mol. The second kappa shape index (κ2) is 17.6. The van der Waals surface area contributed by atoms with E-state index in [9.17, 15) is 40.2 Å². The van der Waals surface area contributed by atoms with Gasteiger partial charge >= 0.3 is 11.9 Å². The van der Waals surface area contributed by atoms with E-state index in [0.717, 1.165) is 25.7 Å². The van der Waals surface area contributed by atoms with Gasteiger partial charge in [-0.1, -0.05) is 72.1 Å². The summed E-state index contributed by atoms with van der Waals surface area (Å²) in [6.45, 7) is 2.84. The molecule has 0 amide bonds. The molecule has 2 aliphatic heterocycles. The van der Waals surface area contributed by atoms with E-state index >= 15 is 0 Å². The van der Waals surface area contributed by atoms with Gasteiger partial charge in [-0.3, -0.25) is 9.59 Å². The topological polar surface area (TPSA) is 202 Å². The predicted octanol–water partition coefficient (Wildman–Crippen LogP) is 0.283. The Hall–Kier alpha value is -1.42. The maximum atomic E-state index is 12.9. The van der Waals surface area contributed by atoms with Crippen LogP contribution in [0.4, 0.5) is 0 Å². The van der Waals surface area contributed by atoms with E-state index in [2.05, 4.69) is 6.92 Å². The highest BCUT2D eigenvalue weighted by molar-refractivity contribution is 5.72. The summed E-state index contributed by atoms with van der Waals surface area (Å²) < 4.78 is 27.9. The van der Waals surface area contributed by atoms with E-state index in [-0.39, 0.29) is 6.42 Å². The molecule has 9 atom stereocenters. The summed E-state index contributed by atoms with van der Waals surface area (Å²) in [7, 11) is 0. The summed E-state index contributed by atoms with van der Waals surface area (Å²) in [5.41, 5.74) is 0. The van der Waals surface area contributed by atoms with E-state index in [4.69, 9.17) is 23.7 Å². The highest BCUT2D eigenvalue weighted by atomic mass is 16.8. The van der Waals surface area contributed by atoms with E-state index in [0.29, 0.717) is 6.42 Å². The number of aliphatic hydroxyl groups is 6. The van der Waals surface area contributed by atoms with Crippen molar-refractivity contribution in [2.75, 3.05) is 19.8 Å². The summed E-state index contributed by atoms with van der Waals surface area (Å²) in [6, 6.07) is 0. The van der Waals surface area contributed by atoms with Crippen LogP contribution in [0.25, 0.3) is 0 Å². The first-order valence-corrected chi connectivity index (χ1v) is 14.8. The standard InChI is InChI=1S/C28H50O13/c1-4-5-6-7-8-9-10-11-12-13-20(32)38-24-23(39-26(36)17(2)3)21(33)18(14-29)37-27(24)41-28(16-31)25(35)22(34)19(15-30)40-28/h17-19,21-25,27,29-31,33-35H,4-16H2,1-3H3. The number of rotatable bonds is 18. The Morgan fingerprint density at radius 1 is 0.805 bits per heavy atom. The van der Waals surface area contributed by atoms with Crippen LogP contribution in [0.15, 0.2) is 0 Å². The SMILES string of the molecule is CCCCCCCCCCCC(=O)OC1C(OC2(CO)OC(CO)C(O)C2O)OC(CO)C(O)C1OC(=O)C(C)C. The Morgan fingerprint density at radius 2 is 1.39 bits per heavy atom. The van der Waals surface area contributed by atoms with Crippen molar-refractivity contribution in [1.82, 2.24) is 0 Å².